The van der Waals surface area contributed by atoms with Gasteiger partial charge in [0, 0.05) is 41.6 Å². The van der Waals surface area contributed by atoms with Gasteiger partial charge in [0.15, 0.2) is 0 Å². The number of carboxylic acid groups (broad SMARTS) is 1. The number of benzene rings is 3. The molecular formula is C42H44ClF3N2O6. The highest BCUT2D eigenvalue weighted by Crippen LogP contribution is 2.46. The molecule has 6 rings (SSSR count). The molecule has 2 aliphatic rings. The number of carboxylic acids is 1. The zero-order chi connectivity index (χ0) is 38.8. The Labute approximate surface area is 318 Å². The minimum atomic E-state index is -4.78. The molecule has 1 fully saturated rings. The number of carbonyl (C=O) groups is 2. The predicted molar refractivity (Wildman–Crippen MR) is 200 cm³/mol. The lowest BCUT2D eigenvalue weighted by Gasteiger charge is -2.22. The van der Waals surface area contributed by atoms with E-state index in [1.54, 1.807) is 7.11 Å². The summed E-state index contributed by atoms with van der Waals surface area (Å²) in [5.74, 6) is -0.280. The van der Waals surface area contributed by atoms with Gasteiger partial charge in [-0.3, -0.25) is 9.59 Å². The van der Waals surface area contributed by atoms with Crippen LogP contribution in [0.25, 0.3) is 22.3 Å². The van der Waals surface area contributed by atoms with Crippen LogP contribution in [0.5, 0.6) is 17.5 Å². The smallest absolute Gasteiger partial charge is 0.421 e. The Morgan fingerprint density at radius 1 is 0.944 bits per heavy atom. The van der Waals surface area contributed by atoms with Gasteiger partial charge in [-0.25, -0.2) is 0 Å². The maximum atomic E-state index is 14.4. The summed E-state index contributed by atoms with van der Waals surface area (Å²) in [5, 5.41) is 13.5. The number of nitrogens with one attached hydrogen (secondary N) is 1. The molecule has 0 aliphatic heterocycles. The van der Waals surface area contributed by atoms with Gasteiger partial charge in [-0.1, -0.05) is 60.1 Å². The summed E-state index contributed by atoms with van der Waals surface area (Å²) in [7, 11) is 2.94. The average Bonchev–Trinajstić information content (AvgIpc) is 3.75. The first-order chi connectivity index (χ1) is 25.7. The molecule has 0 spiro atoms. The SMILES string of the molecule is COc1cc(-c2cccc(-c3cccc4c3CC[C@@H]4Oc3nc(OC)c(CCC(C)(C)C(=O)O)cc3C(F)(F)F)c2Cl)ccc1CNC[C@@H]1CCC(=O)C1. The number of hydrogen-bond acceptors (Lipinski definition) is 7. The quantitative estimate of drug-likeness (QED) is 0.131. The molecule has 2 aliphatic carbocycles. The van der Waals surface area contributed by atoms with Crippen molar-refractivity contribution >= 4 is 23.4 Å². The number of hydrogen-bond donors (Lipinski definition) is 2. The summed E-state index contributed by atoms with van der Waals surface area (Å²) in [6.45, 7) is 4.41. The molecule has 3 aromatic carbocycles. The van der Waals surface area contributed by atoms with Crippen molar-refractivity contribution in [1.29, 1.82) is 0 Å². The molecule has 1 saturated carbocycles. The number of fused-ring (bicyclic) bond motifs is 1. The molecule has 54 heavy (non-hydrogen) atoms. The summed E-state index contributed by atoms with van der Waals surface area (Å²) < 4.78 is 60.5. The summed E-state index contributed by atoms with van der Waals surface area (Å²) in [5.41, 5.74) is 3.93. The van der Waals surface area contributed by atoms with E-state index in [1.807, 2.05) is 54.6 Å². The summed E-state index contributed by atoms with van der Waals surface area (Å²) in [6, 6.07) is 18.4. The van der Waals surface area contributed by atoms with E-state index in [2.05, 4.69) is 10.3 Å². The van der Waals surface area contributed by atoms with Crippen molar-refractivity contribution in [2.24, 2.45) is 11.3 Å². The second-order valence-electron chi connectivity index (χ2n) is 14.7. The van der Waals surface area contributed by atoms with E-state index in [0.29, 0.717) is 54.7 Å². The highest BCUT2D eigenvalue weighted by Gasteiger charge is 2.39. The van der Waals surface area contributed by atoms with Crippen molar-refractivity contribution in [3.05, 3.63) is 93.5 Å². The van der Waals surface area contributed by atoms with E-state index >= 15 is 0 Å². The fourth-order valence-corrected chi connectivity index (χ4v) is 7.68. The Bertz CT molecular complexity index is 2050. The zero-order valence-corrected chi connectivity index (χ0v) is 31.5. The maximum absolute atomic E-state index is 14.4. The molecule has 12 heteroatoms. The minimum Gasteiger partial charge on any atom is -0.496 e. The molecule has 0 saturated heterocycles. The molecule has 8 nitrogen and oxygen atoms in total. The van der Waals surface area contributed by atoms with Crippen molar-refractivity contribution in [2.45, 2.75) is 77.6 Å². The fourth-order valence-electron chi connectivity index (χ4n) is 7.35. The van der Waals surface area contributed by atoms with Crippen LogP contribution in [-0.2, 0) is 35.2 Å². The number of rotatable bonds is 14. The number of alkyl halides is 3. The van der Waals surface area contributed by atoms with E-state index in [4.69, 9.17) is 25.8 Å². The number of nitrogens with zero attached hydrogens (tertiary/aromatic N) is 1. The topological polar surface area (TPSA) is 107 Å². The van der Waals surface area contributed by atoms with Crippen molar-refractivity contribution < 1.29 is 42.1 Å². The molecule has 0 bridgehead atoms. The first-order valence-electron chi connectivity index (χ1n) is 18.1. The summed E-state index contributed by atoms with van der Waals surface area (Å²) in [4.78, 5) is 27.4. The van der Waals surface area contributed by atoms with Crippen molar-refractivity contribution in [1.82, 2.24) is 10.3 Å². The molecule has 0 unspecified atom stereocenters. The van der Waals surface area contributed by atoms with Gasteiger partial charge in [0.05, 0.1) is 24.7 Å². The number of pyridine rings is 1. The van der Waals surface area contributed by atoms with Crippen LogP contribution < -0.4 is 19.5 Å². The standard InChI is InChI=1S/C42H44ClF3N2O6/c1-41(2,40(50)51)18-17-26-20-34(42(44,45)46)39(48-38(26)53-4)54-35-16-15-31-30(8-6-9-32(31)35)33-10-5-7-29(37(33)43)25-12-13-27(36(21-25)52-3)23-47-22-24-11-14-28(49)19-24/h5-10,12-13,20-21,24,35,47H,11,14-19,22-23H2,1-4H3,(H,50,51)/t24-,35+/m1/s1. The monoisotopic (exact) mass is 764 g/mol. The number of ether oxygens (including phenoxy) is 3. The van der Waals surface area contributed by atoms with Gasteiger partial charge in [-0.2, -0.15) is 18.2 Å². The largest absolute Gasteiger partial charge is 0.496 e. The molecule has 0 radical (unpaired) electrons. The van der Waals surface area contributed by atoms with Crippen molar-refractivity contribution in [3.8, 4) is 39.8 Å². The maximum Gasteiger partial charge on any atom is 0.421 e. The normalized spacial score (nSPS) is 17.1. The molecule has 286 valence electrons. The number of aromatic nitrogens is 1. The molecule has 2 atom stereocenters. The summed E-state index contributed by atoms with van der Waals surface area (Å²) in [6.07, 6.45) is -2.21. The third kappa shape index (κ3) is 8.37. The van der Waals surface area contributed by atoms with Crippen molar-refractivity contribution in [2.75, 3.05) is 20.8 Å². The first kappa shape index (κ1) is 39.1. The predicted octanol–water partition coefficient (Wildman–Crippen LogP) is 9.67. The van der Waals surface area contributed by atoms with E-state index < -0.39 is 35.1 Å². The fraction of sp³-hybridized carbons (Fsp3) is 0.405. The number of aliphatic carboxylic acids is 1. The van der Waals surface area contributed by atoms with Gasteiger partial charge in [0.25, 0.3) is 0 Å². The number of ketones is 1. The van der Waals surface area contributed by atoms with Crippen LogP contribution in [0.15, 0.2) is 60.7 Å². The molecule has 4 aromatic rings. The molecule has 0 amide bonds. The minimum absolute atomic E-state index is 0.0207. The van der Waals surface area contributed by atoms with Crippen LogP contribution in [0.1, 0.15) is 79.9 Å². The van der Waals surface area contributed by atoms with Crippen molar-refractivity contribution in [3.63, 3.8) is 0 Å². The Morgan fingerprint density at radius 2 is 1.69 bits per heavy atom. The lowest BCUT2D eigenvalue weighted by molar-refractivity contribution is -0.147. The third-order valence-electron chi connectivity index (χ3n) is 10.6. The van der Waals surface area contributed by atoms with Crippen LogP contribution in [0.3, 0.4) is 0 Å². The molecule has 2 N–H and O–H groups in total. The van der Waals surface area contributed by atoms with Crippen LogP contribution >= 0.6 is 11.6 Å². The van der Waals surface area contributed by atoms with Crippen LogP contribution in [0, 0.1) is 11.3 Å². The zero-order valence-electron chi connectivity index (χ0n) is 30.7. The number of Topliss-reactive ketones (excluding diaryl/α,β-unsaturated/α-hetero) is 1. The first-order valence-corrected chi connectivity index (χ1v) is 18.4. The van der Waals surface area contributed by atoms with Gasteiger partial charge < -0.3 is 24.6 Å². The lowest BCUT2D eigenvalue weighted by atomic mass is 9.86. The molecular weight excluding hydrogens is 721 g/mol. The average molecular weight is 765 g/mol. The Morgan fingerprint density at radius 3 is 2.37 bits per heavy atom. The molecule has 1 aromatic heterocycles. The molecule has 1 heterocycles. The van der Waals surface area contributed by atoms with Gasteiger partial charge >= 0.3 is 12.1 Å². The summed E-state index contributed by atoms with van der Waals surface area (Å²) >= 11 is 7.15. The van der Waals surface area contributed by atoms with E-state index in [9.17, 15) is 27.9 Å². The van der Waals surface area contributed by atoms with Gasteiger partial charge in [-0.15, -0.1) is 0 Å². The van der Waals surface area contributed by atoms with Crippen LogP contribution in [0.2, 0.25) is 5.02 Å². The highest BCUT2D eigenvalue weighted by atomic mass is 35.5. The number of aryl methyl sites for hydroxylation is 1. The Kier molecular flexibility index (Phi) is 11.6. The van der Waals surface area contributed by atoms with E-state index in [-0.39, 0.29) is 24.3 Å². The van der Waals surface area contributed by atoms with Gasteiger partial charge in [-0.05, 0) is 92.8 Å². The van der Waals surface area contributed by atoms with Crippen LogP contribution in [0.4, 0.5) is 13.2 Å². The number of methoxy groups -OCH3 is 2. The second-order valence-corrected chi connectivity index (χ2v) is 15.1. The Hall–Kier alpha value is -4.61. The van der Waals surface area contributed by atoms with E-state index in [1.165, 1.54) is 21.0 Å². The highest BCUT2D eigenvalue weighted by molar-refractivity contribution is 6.36. The van der Waals surface area contributed by atoms with Crippen LogP contribution in [-0.4, -0.2) is 42.6 Å². The lowest BCUT2D eigenvalue weighted by Crippen LogP contribution is -2.24. The number of carbonyl (C=O) groups excluding carboxylic acids is 1. The van der Waals surface area contributed by atoms with E-state index in [0.717, 1.165) is 58.0 Å². The van der Waals surface area contributed by atoms with Gasteiger partial charge in [0.2, 0.25) is 11.8 Å². The second kappa shape index (κ2) is 16.0. The van der Waals surface area contributed by atoms with Gasteiger partial charge in [0.1, 0.15) is 23.2 Å². The number of halogens is 4. The Balaban J connectivity index is 1.25. The third-order valence-corrected chi connectivity index (χ3v) is 11.0.